The molecule has 1 amide bonds. The molecule has 2 N–H and O–H groups in total. The summed E-state index contributed by atoms with van der Waals surface area (Å²) in [6.45, 7) is 3.78. The number of hydrogen-bond acceptors (Lipinski definition) is 7. The summed E-state index contributed by atoms with van der Waals surface area (Å²) in [4.78, 5) is 29.5. The van der Waals surface area contributed by atoms with E-state index in [4.69, 9.17) is 14.5 Å². The third-order valence-corrected chi connectivity index (χ3v) is 5.66. The van der Waals surface area contributed by atoms with Crippen molar-refractivity contribution in [2.45, 2.75) is 19.9 Å². The molecule has 8 heteroatoms. The normalized spacial score (nSPS) is 15.6. The molecule has 1 atom stereocenters. The fourth-order valence-electron chi connectivity index (χ4n) is 3.17. The van der Waals surface area contributed by atoms with Crippen LogP contribution >= 0.6 is 11.8 Å². The summed E-state index contributed by atoms with van der Waals surface area (Å²) in [5.41, 5.74) is 3.67. The Kier molecular flexibility index (Phi) is 7.36. The zero-order valence-electron chi connectivity index (χ0n) is 17.9. The zero-order chi connectivity index (χ0) is 22.4. The molecule has 1 heterocycles. The van der Waals surface area contributed by atoms with Crippen LogP contribution in [0.25, 0.3) is 0 Å². The van der Waals surface area contributed by atoms with Crippen LogP contribution in [-0.2, 0) is 14.3 Å². The molecular formula is C23H25N3O4S. The van der Waals surface area contributed by atoms with Crippen molar-refractivity contribution < 1.29 is 19.1 Å². The van der Waals surface area contributed by atoms with Crippen LogP contribution in [0.5, 0.6) is 5.75 Å². The number of para-hydroxylation sites is 1. The van der Waals surface area contributed by atoms with Crippen LogP contribution in [0.15, 0.2) is 64.8 Å². The van der Waals surface area contributed by atoms with E-state index in [1.807, 2.05) is 62.4 Å². The minimum atomic E-state index is -0.556. The van der Waals surface area contributed by atoms with Crippen LogP contribution in [0, 0.1) is 6.92 Å². The lowest BCUT2D eigenvalue weighted by molar-refractivity contribution is -0.137. The molecule has 2 aromatic carbocycles. The van der Waals surface area contributed by atoms with Crippen molar-refractivity contribution in [1.29, 1.82) is 0 Å². The standard InChI is InChI=1S/C23H25N3O4S/c1-14-10-11-16(12-18(14)29-3)21-20(22(28)25-17-8-6-5-7-9-17)15(2)24-23(26-21)31-13-19(27)30-4/h5-12,21H,13H2,1-4H3,(H,24,26)(H,25,28)/t21-/m1/s1. The first-order valence-corrected chi connectivity index (χ1v) is 10.7. The Morgan fingerprint density at radius 2 is 1.87 bits per heavy atom. The summed E-state index contributed by atoms with van der Waals surface area (Å²) in [6.07, 6.45) is 0. The molecule has 0 radical (unpaired) electrons. The van der Waals surface area contributed by atoms with Gasteiger partial charge in [-0.2, -0.15) is 0 Å². The lowest BCUT2D eigenvalue weighted by Crippen LogP contribution is -2.32. The van der Waals surface area contributed by atoms with Gasteiger partial charge in [0.1, 0.15) is 11.8 Å². The predicted molar refractivity (Wildman–Crippen MR) is 123 cm³/mol. The second-order valence-electron chi connectivity index (χ2n) is 6.91. The van der Waals surface area contributed by atoms with Gasteiger partial charge in [0.2, 0.25) is 0 Å². The Morgan fingerprint density at radius 3 is 2.55 bits per heavy atom. The van der Waals surface area contributed by atoms with Gasteiger partial charge < -0.3 is 20.1 Å². The van der Waals surface area contributed by atoms with Crippen molar-refractivity contribution in [3.63, 3.8) is 0 Å². The minimum Gasteiger partial charge on any atom is -0.496 e. The Balaban J connectivity index is 1.97. The summed E-state index contributed by atoms with van der Waals surface area (Å²) in [6, 6.07) is 14.5. The van der Waals surface area contributed by atoms with Crippen molar-refractivity contribution in [3.05, 3.63) is 70.9 Å². The van der Waals surface area contributed by atoms with Crippen molar-refractivity contribution >= 4 is 34.5 Å². The molecule has 1 aliphatic rings. The number of benzene rings is 2. The molecule has 162 valence electrons. The highest BCUT2D eigenvalue weighted by atomic mass is 32.2. The van der Waals surface area contributed by atoms with Crippen LogP contribution in [-0.4, -0.2) is 37.0 Å². The maximum absolute atomic E-state index is 13.2. The molecule has 0 aromatic heterocycles. The molecule has 2 aromatic rings. The van der Waals surface area contributed by atoms with E-state index in [9.17, 15) is 9.59 Å². The monoisotopic (exact) mass is 439 g/mol. The van der Waals surface area contributed by atoms with Gasteiger partial charge in [-0.25, -0.2) is 4.99 Å². The number of nitrogens with zero attached hydrogens (tertiary/aromatic N) is 1. The van der Waals surface area contributed by atoms with E-state index in [2.05, 4.69) is 10.6 Å². The van der Waals surface area contributed by atoms with E-state index in [1.54, 1.807) is 7.11 Å². The van der Waals surface area contributed by atoms with Gasteiger partial charge in [-0.3, -0.25) is 9.59 Å². The number of esters is 1. The first-order valence-electron chi connectivity index (χ1n) is 9.69. The number of thioether (sulfide) groups is 1. The number of methoxy groups -OCH3 is 2. The lowest BCUT2D eigenvalue weighted by Gasteiger charge is -2.26. The number of aliphatic imine (C=N–C) groups is 1. The number of amides is 1. The van der Waals surface area contributed by atoms with Crippen LogP contribution < -0.4 is 15.4 Å². The Hall–Kier alpha value is -3.26. The number of carbonyl (C=O) groups is 2. The molecule has 0 saturated heterocycles. The molecule has 0 bridgehead atoms. The summed E-state index contributed by atoms with van der Waals surface area (Å²) in [5.74, 6) is 0.236. The van der Waals surface area contributed by atoms with E-state index in [-0.39, 0.29) is 17.6 Å². The van der Waals surface area contributed by atoms with Gasteiger partial charge in [0.25, 0.3) is 5.91 Å². The summed E-state index contributed by atoms with van der Waals surface area (Å²) >= 11 is 1.23. The molecule has 7 nitrogen and oxygen atoms in total. The SMILES string of the molecule is COC(=O)CSC1=N[C@H](c2ccc(C)c(OC)c2)C(C(=O)Nc2ccccc2)=C(C)N1. The number of carbonyl (C=O) groups excluding carboxylic acids is 2. The first kappa shape index (κ1) is 22.4. The molecule has 1 aliphatic heterocycles. The zero-order valence-corrected chi connectivity index (χ0v) is 18.7. The number of rotatable bonds is 6. The lowest BCUT2D eigenvalue weighted by atomic mass is 9.94. The van der Waals surface area contributed by atoms with Gasteiger partial charge in [-0.1, -0.05) is 42.1 Å². The van der Waals surface area contributed by atoms with Crippen molar-refractivity contribution in [2.75, 3.05) is 25.3 Å². The van der Waals surface area contributed by atoms with E-state index >= 15 is 0 Å². The van der Waals surface area contributed by atoms with E-state index < -0.39 is 6.04 Å². The molecule has 0 aliphatic carbocycles. The number of hydrogen-bond donors (Lipinski definition) is 2. The Labute approximate surface area is 185 Å². The van der Waals surface area contributed by atoms with Crippen LogP contribution in [0.1, 0.15) is 24.1 Å². The molecule has 0 saturated carbocycles. The number of nitrogens with one attached hydrogen (secondary N) is 2. The maximum atomic E-state index is 13.2. The highest BCUT2D eigenvalue weighted by Gasteiger charge is 2.30. The van der Waals surface area contributed by atoms with Crippen molar-refractivity contribution in [1.82, 2.24) is 5.32 Å². The van der Waals surface area contributed by atoms with Gasteiger partial charge in [0, 0.05) is 11.4 Å². The smallest absolute Gasteiger partial charge is 0.316 e. The second kappa shape index (κ2) is 10.2. The van der Waals surface area contributed by atoms with Gasteiger partial charge in [-0.05, 0) is 43.2 Å². The van der Waals surface area contributed by atoms with Gasteiger partial charge in [0.05, 0.1) is 25.5 Å². The molecule has 3 rings (SSSR count). The van der Waals surface area contributed by atoms with Crippen molar-refractivity contribution in [2.24, 2.45) is 4.99 Å². The maximum Gasteiger partial charge on any atom is 0.316 e. The molecule has 31 heavy (non-hydrogen) atoms. The van der Waals surface area contributed by atoms with Gasteiger partial charge >= 0.3 is 5.97 Å². The van der Waals surface area contributed by atoms with Gasteiger partial charge in [0.15, 0.2) is 5.17 Å². The number of aryl methyl sites for hydroxylation is 1. The average Bonchev–Trinajstić information content (AvgIpc) is 2.77. The molecular weight excluding hydrogens is 414 g/mol. The fraction of sp³-hybridized carbons (Fsp3) is 0.261. The highest BCUT2D eigenvalue weighted by Crippen LogP contribution is 2.35. The molecule has 0 fully saturated rings. The quantitative estimate of drug-likeness (QED) is 0.665. The number of ether oxygens (including phenoxy) is 2. The summed E-state index contributed by atoms with van der Waals surface area (Å²) < 4.78 is 10.2. The van der Waals surface area contributed by atoms with E-state index in [0.29, 0.717) is 22.1 Å². The summed E-state index contributed by atoms with van der Waals surface area (Å²) in [7, 11) is 2.96. The van der Waals surface area contributed by atoms with Crippen molar-refractivity contribution in [3.8, 4) is 5.75 Å². The van der Waals surface area contributed by atoms with Crippen LogP contribution in [0.2, 0.25) is 0 Å². The Morgan fingerprint density at radius 1 is 1.13 bits per heavy atom. The fourth-order valence-corrected chi connectivity index (χ4v) is 3.95. The van der Waals surface area contributed by atoms with E-state index in [0.717, 1.165) is 16.9 Å². The third-order valence-electron chi connectivity index (χ3n) is 4.80. The van der Waals surface area contributed by atoms with Crippen LogP contribution in [0.4, 0.5) is 5.69 Å². The van der Waals surface area contributed by atoms with E-state index in [1.165, 1.54) is 18.9 Å². The van der Waals surface area contributed by atoms with Gasteiger partial charge in [-0.15, -0.1) is 0 Å². The first-order chi connectivity index (χ1) is 14.9. The minimum absolute atomic E-state index is 0.116. The number of allylic oxidation sites excluding steroid dienone is 1. The third kappa shape index (κ3) is 5.46. The number of amidine groups is 1. The topological polar surface area (TPSA) is 89.0 Å². The predicted octanol–water partition coefficient (Wildman–Crippen LogP) is 3.82. The highest BCUT2D eigenvalue weighted by molar-refractivity contribution is 8.14. The molecule has 0 unspecified atom stereocenters. The van der Waals surface area contributed by atoms with Crippen LogP contribution in [0.3, 0.4) is 0 Å². The second-order valence-corrected chi connectivity index (χ2v) is 7.88. The Bertz CT molecular complexity index is 1030. The summed E-state index contributed by atoms with van der Waals surface area (Å²) in [5, 5.41) is 6.63. The molecule has 0 spiro atoms. The largest absolute Gasteiger partial charge is 0.496 e. The number of anilines is 1. The average molecular weight is 440 g/mol.